The first-order valence-electron chi connectivity index (χ1n) is 9.09. The normalized spacial score (nSPS) is 22.9. The van der Waals surface area contributed by atoms with Crippen LogP contribution in [0, 0.1) is 0 Å². The van der Waals surface area contributed by atoms with Crippen molar-refractivity contribution in [3.05, 3.63) is 59.7 Å². The molecule has 4 rings (SSSR count). The Morgan fingerprint density at radius 3 is 2.88 bits per heavy atom. The zero-order valence-electron chi connectivity index (χ0n) is 15.0. The first-order valence-corrected chi connectivity index (χ1v) is 9.09. The van der Waals surface area contributed by atoms with Crippen LogP contribution in [0.5, 0.6) is 11.5 Å². The lowest BCUT2D eigenvalue weighted by molar-refractivity contribution is -0.00714. The third-order valence-electron chi connectivity index (χ3n) is 5.20. The molecular formula is C21H24N2O3. The third kappa shape index (κ3) is 3.40. The number of ether oxygens (including phenoxy) is 2. The Morgan fingerprint density at radius 2 is 2.08 bits per heavy atom. The van der Waals surface area contributed by atoms with Gasteiger partial charge in [-0.25, -0.2) is 0 Å². The summed E-state index contributed by atoms with van der Waals surface area (Å²) in [6.07, 6.45) is 1.97. The van der Waals surface area contributed by atoms with Gasteiger partial charge in [-0.1, -0.05) is 30.3 Å². The lowest BCUT2D eigenvalue weighted by atomic mass is 9.92. The van der Waals surface area contributed by atoms with Gasteiger partial charge in [0.2, 0.25) is 0 Å². The van der Waals surface area contributed by atoms with Gasteiger partial charge in [0, 0.05) is 19.2 Å². The quantitative estimate of drug-likeness (QED) is 0.923. The second kappa shape index (κ2) is 7.00. The minimum absolute atomic E-state index is 0.0836. The molecule has 136 valence electrons. The van der Waals surface area contributed by atoms with E-state index < -0.39 is 5.60 Å². The summed E-state index contributed by atoms with van der Waals surface area (Å²) in [4.78, 5) is 14.9. The lowest BCUT2D eigenvalue weighted by Crippen LogP contribution is -2.56. The van der Waals surface area contributed by atoms with Crippen molar-refractivity contribution >= 4 is 5.91 Å². The number of carbonyl (C=O) groups is 1. The zero-order chi connectivity index (χ0) is 18.0. The zero-order valence-corrected chi connectivity index (χ0v) is 15.0. The number of fused-ring (bicyclic) bond motifs is 1. The number of likely N-dealkylation sites (tertiary alicyclic amines) is 1. The number of hydrogen-bond donors (Lipinski definition) is 1. The number of piperidine rings is 1. The Kier molecular flexibility index (Phi) is 4.55. The van der Waals surface area contributed by atoms with E-state index in [9.17, 15) is 4.79 Å². The molecule has 2 heterocycles. The molecule has 5 nitrogen and oxygen atoms in total. The lowest BCUT2D eigenvalue weighted by Gasteiger charge is -2.42. The number of nitrogens with one attached hydrogen (secondary N) is 1. The van der Waals surface area contributed by atoms with Crippen LogP contribution in [0.15, 0.2) is 48.5 Å². The number of nitrogens with zero attached hydrogens (tertiary/aromatic N) is 1. The number of amides is 1. The van der Waals surface area contributed by atoms with Crippen molar-refractivity contribution in [2.24, 2.45) is 0 Å². The Hall–Kier alpha value is -2.53. The first-order chi connectivity index (χ1) is 12.7. The van der Waals surface area contributed by atoms with Crippen LogP contribution in [0.4, 0.5) is 0 Å². The summed E-state index contributed by atoms with van der Waals surface area (Å²) < 4.78 is 11.8. The second-order valence-electron chi connectivity index (χ2n) is 7.13. The SMILES string of the molecule is COc1ccc2c(c1)OC1(CCCN(Cc3ccccc3)C1)CNC2=O. The molecule has 0 saturated carbocycles. The Morgan fingerprint density at radius 1 is 1.23 bits per heavy atom. The summed E-state index contributed by atoms with van der Waals surface area (Å²) in [5, 5.41) is 3.05. The van der Waals surface area contributed by atoms with E-state index in [1.54, 1.807) is 19.2 Å². The Bertz CT molecular complexity index is 793. The van der Waals surface area contributed by atoms with Gasteiger partial charge in [0.05, 0.1) is 19.2 Å². The predicted molar refractivity (Wildman–Crippen MR) is 99.6 cm³/mol. The van der Waals surface area contributed by atoms with Crippen molar-refractivity contribution in [3.8, 4) is 11.5 Å². The molecule has 1 amide bonds. The van der Waals surface area contributed by atoms with Crippen LogP contribution < -0.4 is 14.8 Å². The molecule has 2 aliphatic rings. The van der Waals surface area contributed by atoms with Gasteiger partial charge in [-0.05, 0) is 37.1 Å². The third-order valence-corrected chi connectivity index (χ3v) is 5.20. The fourth-order valence-corrected chi connectivity index (χ4v) is 3.90. The van der Waals surface area contributed by atoms with E-state index in [-0.39, 0.29) is 5.91 Å². The molecule has 2 aliphatic heterocycles. The highest BCUT2D eigenvalue weighted by atomic mass is 16.5. The maximum Gasteiger partial charge on any atom is 0.255 e. The van der Waals surface area contributed by atoms with Crippen LogP contribution in [-0.2, 0) is 6.54 Å². The molecule has 2 aromatic carbocycles. The molecule has 0 aromatic heterocycles. The van der Waals surface area contributed by atoms with Crippen molar-refractivity contribution in [2.75, 3.05) is 26.7 Å². The predicted octanol–water partition coefficient (Wildman–Crippen LogP) is 2.85. The van der Waals surface area contributed by atoms with Crippen LogP contribution in [0.2, 0.25) is 0 Å². The van der Waals surface area contributed by atoms with Crippen molar-refractivity contribution in [3.63, 3.8) is 0 Å². The minimum Gasteiger partial charge on any atom is -0.497 e. The van der Waals surface area contributed by atoms with Crippen LogP contribution in [0.3, 0.4) is 0 Å². The molecule has 26 heavy (non-hydrogen) atoms. The number of methoxy groups -OCH3 is 1. The van der Waals surface area contributed by atoms with Crippen molar-refractivity contribution in [1.82, 2.24) is 10.2 Å². The second-order valence-corrected chi connectivity index (χ2v) is 7.13. The molecular weight excluding hydrogens is 328 g/mol. The standard InChI is InChI=1S/C21H24N2O3/c1-25-17-8-9-18-19(12-17)26-21(14-22-20(18)24)10-5-11-23(15-21)13-16-6-3-2-4-7-16/h2-4,6-9,12H,5,10-11,13-15H2,1H3,(H,22,24). The van der Waals surface area contributed by atoms with E-state index in [2.05, 4.69) is 34.5 Å². The van der Waals surface area contributed by atoms with E-state index in [1.165, 1.54) is 5.56 Å². The first kappa shape index (κ1) is 16.9. The Labute approximate surface area is 153 Å². The molecule has 1 spiro atoms. The summed E-state index contributed by atoms with van der Waals surface area (Å²) in [5.74, 6) is 1.23. The molecule has 1 atom stereocenters. The molecule has 1 N–H and O–H groups in total. The molecule has 1 saturated heterocycles. The highest BCUT2D eigenvalue weighted by Gasteiger charge is 2.40. The van der Waals surface area contributed by atoms with Crippen molar-refractivity contribution in [2.45, 2.75) is 25.0 Å². The fraction of sp³-hybridized carbons (Fsp3) is 0.381. The van der Waals surface area contributed by atoms with Crippen LogP contribution in [0.25, 0.3) is 0 Å². The van der Waals surface area contributed by atoms with E-state index in [4.69, 9.17) is 9.47 Å². The molecule has 5 heteroatoms. The molecule has 2 aromatic rings. The van der Waals surface area contributed by atoms with Gasteiger partial charge in [0.25, 0.3) is 5.91 Å². The van der Waals surface area contributed by atoms with E-state index >= 15 is 0 Å². The smallest absolute Gasteiger partial charge is 0.255 e. The van der Waals surface area contributed by atoms with Gasteiger partial charge < -0.3 is 14.8 Å². The van der Waals surface area contributed by atoms with Gasteiger partial charge in [0.15, 0.2) is 0 Å². The maximum absolute atomic E-state index is 12.5. The van der Waals surface area contributed by atoms with Crippen LogP contribution >= 0.6 is 0 Å². The van der Waals surface area contributed by atoms with Gasteiger partial charge >= 0.3 is 0 Å². The number of hydrogen-bond acceptors (Lipinski definition) is 4. The molecule has 1 unspecified atom stereocenters. The maximum atomic E-state index is 12.5. The topological polar surface area (TPSA) is 50.8 Å². The van der Waals surface area contributed by atoms with E-state index in [0.29, 0.717) is 23.6 Å². The number of carbonyl (C=O) groups excluding carboxylic acids is 1. The largest absolute Gasteiger partial charge is 0.497 e. The number of benzene rings is 2. The molecule has 0 bridgehead atoms. The monoisotopic (exact) mass is 352 g/mol. The van der Waals surface area contributed by atoms with Crippen molar-refractivity contribution < 1.29 is 14.3 Å². The molecule has 0 radical (unpaired) electrons. The fourth-order valence-electron chi connectivity index (χ4n) is 3.90. The highest BCUT2D eigenvalue weighted by Crippen LogP contribution is 2.34. The van der Waals surface area contributed by atoms with Crippen molar-refractivity contribution in [1.29, 1.82) is 0 Å². The summed E-state index contributed by atoms with van der Waals surface area (Å²) in [6.45, 7) is 3.25. The summed E-state index contributed by atoms with van der Waals surface area (Å²) in [7, 11) is 1.62. The number of rotatable bonds is 3. The average Bonchev–Trinajstić information content (AvgIpc) is 2.79. The van der Waals surface area contributed by atoms with E-state index in [0.717, 1.165) is 32.5 Å². The van der Waals surface area contributed by atoms with Crippen LogP contribution in [0.1, 0.15) is 28.8 Å². The highest BCUT2D eigenvalue weighted by molar-refractivity contribution is 5.97. The van der Waals surface area contributed by atoms with Gasteiger partial charge in [-0.15, -0.1) is 0 Å². The average molecular weight is 352 g/mol. The Balaban J connectivity index is 1.57. The van der Waals surface area contributed by atoms with Gasteiger partial charge in [-0.3, -0.25) is 9.69 Å². The summed E-state index contributed by atoms with van der Waals surface area (Å²) >= 11 is 0. The summed E-state index contributed by atoms with van der Waals surface area (Å²) in [6, 6.07) is 15.9. The van der Waals surface area contributed by atoms with Gasteiger partial charge in [-0.2, -0.15) is 0 Å². The minimum atomic E-state index is -0.402. The summed E-state index contributed by atoms with van der Waals surface area (Å²) in [5.41, 5.74) is 1.47. The van der Waals surface area contributed by atoms with Crippen LogP contribution in [-0.4, -0.2) is 43.2 Å². The molecule has 1 fully saturated rings. The molecule has 0 aliphatic carbocycles. The van der Waals surface area contributed by atoms with E-state index in [1.807, 2.05) is 12.1 Å². The van der Waals surface area contributed by atoms with Gasteiger partial charge in [0.1, 0.15) is 17.1 Å².